The smallest absolute Gasteiger partial charge is 0.127 e. The van der Waals surface area contributed by atoms with Gasteiger partial charge in [-0.15, -0.1) is 0 Å². The summed E-state index contributed by atoms with van der Waals surface area (Å²) < 4.78 is 5.98. The van der Waals surface area contributed by atoms with E-state index in [4.69, 9.17) is 4.74 Å². The third kappa shape index (κ3) is 6.94. The van der Waals surface area contributed by atoms with Crippen molar-refractivity contribution in [1.82, 2.24) is 0 Å². The Hall–Kier alpha value is -1.76. The fourth-order valence-electron chi connectivity index (χ4n) is 2.82. The van der Waals surface area contributed by atoms with Gasteiger partial charge in [-0.2, -0.15) is 0 Å². The van der Waals surface area contributed by atoms with E-state index in [1.807, 2.05) is 0 Å². The molecule has 0 amide bonds. The molecule has 2 rings (SSSR count). The number of hydrogen-bond donors (Lipinski definition) is 0. The molecule has 0 aliphatic carbocycles. The van der Waals surface area contributed by atoms with Gasteiger partial charge in [0.05, 0.1) is 0 Å². The lowest BCUT2D eigenvalue weighted by molar-refractivity contribution is 0.481. The zero-order chi connectivity index (χ0) is 18.1. The van der Waals surface area contributed by atoms with E-state index >= 15 is 0 Å². The molecule has 0 heterocycles. The lowest BCUT2D eigenvalue weighted by atomic mass is 9.99. The predicted octanol–water partition coefficient (Wildman–Crippen LogP) is 7.44. The van der Waals surface area contributed by atoms with Crippen LogP contribution in [0.25, 0.3) is 0 Å². The Bertz CT molecular complexity index is 541. The highest BCUT2D eigenvalue weighted by Crippen LogP contribution is 2.24. The minimum Gasteiger partial charge on any atom is -0.457 e. The van der Waals surface area contributed by atoms with Gasteiger partial charge < -0.3 is 4.74 Å². The Balaban J connectivity index is 1.85. The molecule has 25 heavy (non-hydrogen) atoms. The van der Waals surface area contributed by atoms with Crippen molar-refractivity contribution in [3.8, 4) is 11.5 Å². The fraction of sp³-hybridized carbons (Fsp3) is 0.500. The molecule has 0 fully saturated rings. The third-order valence-corrected chi connectivity index (χ3v) is 5.33. The van der Waals surface area contributed by atoms with Crippen LogP contribution in [-0.2, 0) is 12.8 Å². The van der Waals surface area contributed by atoms with Crippen molar-refractivity contribution in [3.63, 3.8) is 0 Å². The molecule has 1 heteroatoms. The molecule has 1 nitrogen and oxygen atoms in total. The van der Waals surface area contributed by atoms with Crippen molar-refractivity contribution in [2.75, 3.05) is 0 Å². The number of benzene rings is 2. The van der Waals surface area contributed by atoms with Crippen LogP contribution in [0.15, 0.2) is 48.5 Å². The van der Waals surface area contributed by atoms with Crippen molar-refractivity contribution in [1.29, 1.82) is 0 Å². The van der Waals surface area contributed by atoms with Crippen LogP contribution in [-0.4, -0.2) is 0 Å². The average molecular weight is 339 g/mol. The number of aryl methyl sites for hydroxylation is 2. The highest BCUT2D eigenvalue weighted by molar-refractivity contribution is 5.34. The monoisotopic (exact) mass is 338 g/mol. The summed E-state index contributed by atoms with van der Waals surface area (Å²) in [5.74, 6) is 3.43. The van der Waals surface area contributed by atoms with E-state index in [0.29, 0.717) is 0 Å². The second-order valence-electron chi connectivity index (χ2n) is 7.49. The maximum absolute atomic E-state index is 5.98. The van der Waals surface area contributed by atoms with E-state index in [0.717, 1.165) is 36.2 Å². The molecule has 136 valence electrons. The highest BCUT2D eigenvalue weighted by Gasteiger charge is 2.03. The summed E-state index contributed by atoms with van der Waals surface area (Å²) in [5, 5.41) is 0. The van der Waals surface area contributed by atoms with Gasteiger partial charge in [-0.05, 0) is 72.9 Å². The first-order chi connectivity index (χ1) is 12.1. The second-order valence-corrected chi connectivity index (χ2v) is 7.49. The highest BCUT2D eigenvalue weighted by atomic mass is 16.5. The fourth-order valence-corrected chi connectivity index (χ4v) is 2.82. The minimum absolute atomic E-state index is 0.801. The Kier molecular flexibility index (Phi) is 8.04. The molecule has 0 aromatic heterocycles. The van der Waals surface area contributed by atoms with Crippen molar-refractivity contribution in [3.05, 3.63) is 59.7 Å². The van der Waals surface area contributed by atoms with Gasteiger partial charge in [0.1, 0.15) is 11.5 Å². The average Bonchev–Trinajstić information content (AvgIpc) is 2.66. The summed E-state index contributed by atoms with van der Waals surface area (Å²) in [5.41, 5.74) is 2.79. The van der Waals surface area contributed by atoms with E-state index < -0.39 is 0 Å². The zero-order valence-corrected chi connectivity index (χ0v) is 16.4. The molecule has 0 aliphatic rings. The lowest BCUT2D eigenvalue weighted by Crippen LogP contribution is -1.96. The third-order valence-electron chi connectivity index (χ3n) is 5.33. The molecule has 0 bridgehead atoms. The summed E-state index contributed by atoms with van der Waals surface area (Å²) in [6.45, 7) is 9.17. The second kappa shape index (κ2) is 10.3. The zero-order valence-electron chi connectivity index (χ0n) is 16.4. The summed E-state index contributed by atoms with van der Waals surface area (Å²) >= 11 is 0. The summed E-state index contributed by atoms with van der Waals surface area (Å²) in [6.07, 6.45) is 7.34. The Labute approximate surface area is 154 Å². The van der Waals surface area contributed by atoms with Crippen LogP contribution in [0, 0.1) is 11.8 Å². The molecule has 2 aromatic carbocycles. The Morgan fingerprint density at radius 2 is 1.00 bits per heavy atom. The first-order valence-corrected chi connectivity index (χ1v) is 9.96. The molecule has 0 aliphatic heterocycles. The molecule has 0 saturated carbocycles. The van der Waals surface area contributed by atoms with Gasteiger partial charge in [-0.1, -0.05) is 64.8 Å². The number of hydrogen-bond acceptors (Lipinski definition) is 1. The number of ether oxygens (including phenoxy) is 1. The van der Waals surface area contributed by atoms with Crippen molar-refractivity contribution < 1.29 is 4.74 Å². The van der Waals surface area contributed by atoms with E-state index in [1.165, 1.54) is 36.8 Å². The first kappa shape index (κ1) is 19.6. The quantitative estimate of drug-likeness (QED) is 0.437. The SMILES string of the molecule is CCC(C)CCc1ccc(Oc2ccc(CCC(C)CC)cc2)cc1. The first-order valence-electron chi connectivity index (χ1n) is 9.96. The normalized spacial score (nSPS) is 13.4. The van der Waals surface area contributed by atoms with Crippen molar-refractivity contribution in [2.24, 2.45) is 11.8 Å². The Morgan fingerprint density at radius 1 is 0.640 bits per heavy atom. The van der Waals surface area contributed by atoms with Gasteiger partial charge in [0, 0.05) is 0 Å². The molecule has 0 saturated heterocycles. The molecular formula is C24H34O. The topological polar surface area (TPSA) is 9.23 Å². The molecule has 0 N–H and O–H groups in total. The van der Waals surface area contributed by atoms with Gasteiger partial charge >= 0.3 is 0 Å². The van der Waals surface area contributed by atoms with Crippen molar-refractivity contribution in [2.45, 2.75) is 66.2 Å². The molecule has 0 spiro atoms. The summed E-state index contributed by atoms with van der Waals surface area (Å²) in [4.78, 5) is 0. The van der Waals surface area contributed by atoms with E-state index in [2.05, 4.69) is 76.2 Å². The molecular weight excluding hydrogens is 304 g/mol. The van der Waals surface area contributed by atoms with Gasteiger partial charge in [0.2, 0.25) is 0 Å². The standard InChI is InChI=1S/C24H34O/c1-5-19(3)7-9-21-11-15-23(16-12-21)25-24-17-13-22(14-18-24)10-8-20(4)6-2/h11-20H,5-10H2,1-4H3. The van der Waals surface area contributed by atoms with Gasteiger partial charge in [0.25, 0.3) is 0 Å². The summed E-state index contributed by atoms with van der Waals surface area (Å²) in [7, 11) is 0. The predicted molar refractivity (Wildman–Crippen MR) is 109 cm³/mol. The van der Waals surface area contributed by atoms with Gasteiger partial charge in [0.15, 0.2) is 0 Å². The minimum atomic E-state index is 0.801. The molecule has 2 unspecified atom stereocenters. The number of rotatable bonds is 10. The Morgan fingerprint density at radius 3 is 1.32 bits per heavy atom. The van der Waals surface area contributed by atoms with Gasteiger partial charge in [-0.25, -0.2) is 0 Å². The van der Waals surface area contributed by atoms with Crippen LogP contribution < -0.4 is 4.74 Å². The molecule has 2 aromatic rings. The summed E-state index contributed by atoms with van der Waals surface area (Å²) in [6, 6.07) is 17.1. The van der Waals surface area contributed by atoms with Crippen LogP contribution in [0.3, 0.4) is 0 Å². The lowest BCUT2D eigenvalue weighted by Gasteiger charge is -2.10. The maximum Gasteiger partial charge on any atom is 0.127 e. The van der Waals surface area contributed by atoms with Crippen molar-refractivity contribution >= 4 is 0 Å². The van der Waals surface area contributed by atoms with Crippen LogP contribution in [0.1, 0.15) is 64.5 Å². The molecule has 2 atom stereocenters. The molecule has 0 radical (unpaired) electrons. The van der Waals surface area contributed by atoms with Crippen LogP contribution in [0.4, 0.5) is 0 Å². The van der Waals surface area contributed by atoms with Crippen LogP contribution in [0.5, 0.6) is 11.5 Å². The van der Waals surface area contributed by atoms with Gasteiger partial charge in [-0.3, -0.25) is 0 Å². The van der Waals surface area contributed by atoms with E-state index in [9.17, 15) is 0 Å². The largest absolute Gasteiger partial charge is 0.457 e. The van der Waals surface area contributed by atoms with E-state index in [1.54, 1.807) is 0 Å². The van der Waals surface area contributed by atoms with Crippen LogP contribution in [0.2, 0.25) is 0 Å². The van der Waals surface area contributed by atoms with E-state index in [-0.39, 0.29) is 0 Å². The van der Waals surface area contributed by atoms with Crippen LogP contribution >= 0.6 is 0 Å². The maximum atomic E-state index is 5.98.